The van der Waals surface area contributed by atoms with Gasteiger partial charge in [0.1, 0.15) is 0 Å². The molecule has 1 nitrogen and oxygen atoms in total. The quantitative estimate of drug-likeness (QED) is 0.658. The fourth-order valence-corrected chi connectivity index (χ4v) is 1.15. The lowest BCUT2D eigenvalue weighted by atomic mass is 10.2. The Labute approximate surface area is 74.3 Å². The second-order valence-electron chi connectivity index (χ2n) is 2.80. The lowest BCUT2D eigenvalue weighted by molar-refractivity contribution is 1.02. The third kappa shape index (κ3) is 1.88. The van der Waals surface area contributed by atoms with E-state index >= 15 is 0 Å². The lowest BCUT2D eigenvalue weighted by Gasteiger charge is -2.17. The molecular weight excluding hydrogens is 146 g/mol. The van der Waals surface area contributed by atoms with Gasteiger partial charge in [0.25, 0.3) is 0 Å². The summed E-state index contributed by atoms with van der Waals surface area (Å²) in [5.41, 5.74) is 2.50. The van der Waals surface area contributed by atoms with E-state index in [-0.39, 0.29) is 0 Å². The van der Waals surface area contributed by atoms with Crippen molar-refractivity contribution < 1.29 is 0 Å². The number of hydrogen-bond donors (Lipinski definition) is 0. The van der Waals surface area contributed by atoms with E-state index in [4.69, 9.17) is 0 Å². The Morgan fingerprint density at radius 3 is 2.33 bits per heavy atom. The minimum absolute atomic E-state index is 0.965. The number of rotatable bonds is 3. The van der Waals surface area contributed by atoms with Crippen LogP contribution in [-0.4, -0.2) is 6.54 Å². The molecular formula is C11H15N. The van der Waals surface area contributed by atoms with Crippen molar-refractivity contribution in [3.63, 3.8) is 0 Å². The van der Waals surface area contributed by atoms with Gasteiger partial charge >= 0.3 is 0 Å². The van der Waals surface area contributed by atoms with Gasteiger partial charge in [-0.05, 0) is 32.2 Å². The summed E-state index contributed by atoms with van der Waals surface area (Å²) in [5.74, 6) is 0. The van der Waals surface area contributed by atoms with Crippen molar-refractivity contribution in [3.8, 4) is 0 Å². The van der Waals surface area contributed by atoms with Crippen LogP contribution in [-0.2, 0) is 0 Å². The predicted octanol–water partition coefficient (Wildman–Crippen LogP) is 2.96. The molecule has 0 saturated heterocycles. The van der Waals surface area contributed by atoms with Crippen molar-refractivity contribution in [2.75, 3.05) is 11.4 Å². The summed E-state index contributed by atoms with van der Waals surface area (Å²) < 4.78 is 0. The van der Waals surface area contributed by atoms with Gasteiger partial charge in [0, 0.05) is 12.2 Å². The average molecular weight is 161 g/mol. The Bertz CT molecular complexity index is 248. The molecule has 0 aliphatic rings. The summed E-state index contributed by atoms with van der Waals surface area (Å²) in [6, 6.07) is 8.45. The maximum absolute atomic E-state index is 3.76. The molecule has 0 saturated carbocycles. The molecule has 0 unspecified atom stereocenters. The van der Waals surface area contributed by atoms with Crippen LogP contribution in [0.1, 0.15) is 12.5 Å². The highest BCUT2D eigenvalue weighted by Gasteiger charge is 1.97. The normalized spacial score (nSPS) is 9.50. The van der Waals surface area contributed by atoms with Crippen LogP contribution in [0.15, 0.2) is 37.0 Å². The van der Waals surface area contributed by atoms with Crippen LogP contribution in [0, 0.1) is 6.92 Å². The van der Waals surface area contributed by atoms with E-state index in [1.807, 2.05) is 6.20 Å². The summed E-state index contributed by atoms with van der Waals surface area (Å²) in [6.07, 6.45) is 1.85. The number of aryl methyl sites for hydroxylation is 1. The highest BCUT2D eigenvalue weighted by molar-refractivity contribution is 5.49. The van der Waals surface area contributed by atoms with Crippen molar-refractivity contribution in [3.05, 3.63) is 42.6 Å². The van der Waals surface area contributed by atoms with Gasteiger partial charge in [-0.15, -0.1) is 0 Å². The van der Waals surface area contributed by atoms with E-state index in [1.54, 1.807) is 0 Å². The Balaban J connectivity index is 2.87. The molecule has 0 spiro atoms. The molecule has 64 valence electrons. The van der Waals surface area contributed by atoms with Crippen LogP contribution in [0.2, 0.25) is 0 Å². The van der Waals surface area contributed by atoms with Gasteiger partial charge in [0.15, 0.2) is 0 Å². The van der Waals surface area contributed by atoms with Crippen molar-refractivity contribution in [1.29, 1.82) is 0 Å². The fraction of sp³-hybridized carbons (Fsp3) is 0.273. The van der Waals surface area contributed by atoms with E-state index in [0.29, 0.717) is 0 Å². The highest BCUT2D eigenvalue weighted by atomic mass is 15.1. The van der Waals surface area contributed by atoms with E-state index in [0.717, 1.165) is 6.54 Å². The number of anilines is 1. The molecule has 0 aliphatic heterocycles. The first kappa shape index (κ1) is 8.85. The molecule has 0 amide bonds. The first-order valence-electron chi connectivity index (χ1n) is 4.23. The first-order chi connectivity index (χ1) is 5.77. The molecule has 0 heterocycles. The molecule has 0 N–H and O–H groups in total. The second kappa shape index (κ2) is 3.96. The van der Waals surface area contributed by atoms with Crippen LogP contribution >= 0.6 is 0 Å². The third-order valence-electron chi connectivity index (χ3n) is 1.93. The molecule has 0 aromatic heterocycles. The van der Waals surface area contributed by atoms with Gasteiger partial charge in [-0.3, -0.25) is 0 Å². The minimum Gasteiger partial charge on any atom is -0.349 e. The van der Waals surface area contributed by atoms with Gasteiger partial charge in [0.05, 0.1) is 0 Å². The average Bonchev–Trinajstić information content (AvgIpc) is 2.10. The van der Waals surface area contributed by atoms with Crippen molar-refractivity contribution >= 4 is 5.69 Å². The molecule has 0 aliphatic carbocycles. The number of hydrogen-bond acceptors (Lipinski definition) is 1. The molecule has 1 aromatic carbocycles. The monoisotopic (exact) mass is 161 g/mol. The van der Waals surface area contributed by atoms with Crippen molar-refractivity contribution in [1.82, 2.24) is 0 Å². The first-order valence-corrected chi connectivity index (χ1v) is 4.23. The van der Waals surface area contributed by atoms with E-state index in [2.05, 4.69) is 49.6 Å². The SMILES string of the molecule is C=CN(CC)c1ccc(C)cc1. The molecule has 1 aromatic rings. The summed E-state index contributed by atoms with van der Waals surface area (Å²) >= 11 is 0. The zero-order chi connectivity index (χ0) is 8.97. The molecule has 12 heavy (non-hydrogen) atoms. The fourth-order valence-electron chi connectivity index (χ4n) is 1.15. The molecule has 0 bridgehead atoms. The lowest BCUT2D eigenvalue weighted by Crippen LogP contribution is -2.13. The maximum atomic E-state index is 3.76. The molecule has 0 atom stereocenters. The van der Waals surface area contributed by atoms with Gasteiger partial charge < -0.3 is 4.90 Å². The van der Waals surface area contributed by atoms with Gasteiger partial charge in [-0.1, -0.05) is 24.3 Å². The van der Waals surface area contributed by atoms with Gasteiger partial charge in [0.2, 0.25) is 0 Å². The van der Waals surface area contributed by atoms with E-state index in [1.165, 1.54) is 11.3 Å². The summed E-state index contributed by atoms with van der Waals surface area (Å²) in [7, 11) is 0. The Hall–Kier alpha value is -1.24. The largest absolute Gasteiger partial charge is 0.349 e. The van der Waals surface area contributed by atoms with E-state index < -0.39 is 0 Å². The molecule has 0 radical (unpaired) electrons. The molecule has 1 heteroatoms. The Morgan fingerprint density at radius 1 is 1.33 bits per heavy atom. The third-order valence-corrected chi connectivity index (χ3v) is 1.93. The Morgan fingerprint density at radius 2 is 1.92 bits per heavy atom. The Kier molecular flexibility index (Phi) is 2.92. The topological polar surface area (TPSA) is 3.24 Å². The second-order valence-corrected chi connectivity index (χ2v) is 2.80. The van der Waals surface area contributed by atoms with Crippen LogP contribution in [0.5, 0.6) is 0 Å². The summed E-state index contributed by atoms with van der Waals surface area (Å²) in [4.78, 5) is 2.11. The van der Waals surface area contributed by atoms with Crippen LogP contribution in [0.25, 0.3) is 0 Å². The number of benzene rings is 1. The molecule has 0 fully saturated rings. The van der Waals surface area contributed by atoms with Crippen LogP contribution in [0.4, 0.5) is 5.69 Å². The number of nitrogens with zero attached hydrogens (tertiary/aromatic N) is 1. The smallest absolute Gasteiger partial charge is 0.0405 e. The van der Waals surface area contributed by atoms with Crippen LogP contribution in [0.3, 0.4) is 0 Å². The molecule has 1 rings (SSSR count). The summed E-state index contributed by atoms with van der Waals surface area (Å²) in [5, 5.41) is 0. The van der Waals surface area contributed by atoms with Gasteiger partial charge in [-0.25, -0.2) is 0 Å². The highest BCUT2D eigenvalue weighted by Crippen LogP contribution is 2.14. The van der Waals surface area contributed by atoms with Gasteiger partial charge in [-0.2, -0.15) is 0 Å². The predicted molar refractivity (Wildman–Crippen MR) is 54.4 cm³/mol. The summed E-state index contributed by atoms with van der Waals surface area (Å²) in [6.45, 7) is 8.93. The zero-order valence-electron chi connectivity index (χ0n) is 7.75. The standard InChI is InChI=1S/C11H15N/c1-4-12(5-2)11-8-6-10(3)7-9-11/h4,6-9H,1,5H2,2-3H3. The maximum Gasteiger partial charge on any atom is 0.0405 e. The van der Waals surface area contributed by atoms with Crippen molar-refractivity contribution in [2.24, 2.45) is 0 Å². The zero-order valence-corrected chi connectivity index (χ0v) is 7.75. The van der Waals surface area contributed by atoms with E-state index in [9.17, 15) is 0 Å². The minimum atomic E-state index is 0.965. The van der Waals surface area contributed by atoms with Crippen LogP contribution < -0.4 is 4.90 Å². The van der Waals surface area contributed by atoms with Crippen molar-refractivity contribution in [2.45, 2.75) is 13.8 Å².